The maximum absolute atomic E-state index is 14.2. The van der Waals surface area contributed by atoms with Crippen LogP contribution in [0.3, 0.4) is 0 Å². The van der Waals surface area contributed by atoms with Crippen molar-refractivity contribution in [2.75, 3.05) is 25.0 Å². The number of nitrogens with one attached hydrogen (secondary N) is 2. The molecular weight excluding hydrogens is 439 g/mol. The lowest BCUT2D eigenvalue weighted by Crippen LogP contribution is -2.39. The molecule has 7 nitrogen and oxygen atoms in total. The number of para-hydroxylation sites is 1. The highest BCUT2D eigenvalue weighted by Gasteiger charge is 2.20. The molecule has 0 saturated carbocycles. The molecule has 0 aliphatic carbocycles. The second-order valence-corrected chi connectivity index (χ2v) is 8.16. The highest BCUT2D eigenvalue weighted by atomic mass is 19.1. The first-order chi connectivity index (χ1) is 16.5. The molecule has 0 aromatic heterocycles. The van der Waals surface area contributed by atoms with Crippen LogP contribution in [0.15, 0.2) is 66.7 Å². The van der Waals surface area contributed by atoms with E-state index in [1.165, 1.54) is 12.1 Å². The molecule has 1 aliphatic rings. The topological polar surface area (TPSA) is 100 Å². The molecule has 1 heterocycles. The summed E-state index contributed by atoms with van der Waals surface area (Å²) in [7, 11) is 0. The highest BCUT2D eigenvalue weighted by Crippen LogP contribution is 2.31. The van der Waals surface area contributed by atoms with Gasteiger partial charge in [0.1, 0.15) is 36.1 Å². The molecule has 0 unspecified atom stereocenters. The number of carboxylic acid groups (broad SMARTS) is 1. The minimum atomic E-state index is -1.17. The molecular formula is C26H27FN2O5. The van der Waals surface area contributed by atoms with Gasteiger partial charge in [-0.3, -0.25) is 0 Å². The van der Waals surface area contributed by atoms with Gasteiger partial charge in [0.2, 0.25) is 0 Å². The van der Waals surface area contributed by atoms with Gasteiger partial charge in [0.25, 0.3) is 0 Å². The second kappa shape index (κ2) is 11.0. The summed E-state index contributed by atoms with van der Waals surface area (Å²) < 4.78 is 25.8. The van der Waals surface area contributed by atoms with Crippen LogP contribution < -0.4 is 20.1 Å². The number of aliphatic hydroxyl groups excluding tert-OH is 1. The Kier molecular flexibility index (Phi) is 7.61. The minimum Gasteiger partial charge on any atom is -0.491 e. The third kappa shape index (κ3) is 6.24. The SMILES string of the molecule is O=C(O)c1ccc(Nc2ccc3c(c2)CC[C@H](CNC[C@H](O)COc2ccccc2)O3)c(F)c1. The van der Waals surface area contributed by atoms with Crippen molar-refractivity contribution in [3.05, 3.63) is 83.7 Å². The van der Waals surface area contributed by atoms with E-state index in [2.05, 4.69) is 10.6 Å². The van der Waals surface area contributed by atoms with Gasteiger partial charge in [-0.1, -0.05) is 18.2 Å². The summed E-state index contributed by atoms with van der Waals surface area (Å²) in [5.41, 5.74) is 1.82. The van der Waals surface area contributed by atoms with Crippen LogP contribution in [-0.4, -0.2) is 48.1 Å². The Hall–Kier alpha value is -3.62. The lowest BCUT2D eigenvalue weighted by atomic mass is 10.0. The number of aryl methyl sites for hydroxylation is 1. The fourth-order valence-corrected chi connectivity index (χ4v) is 3.75. The number of halogens is 1. The number of ether oxygens (including phenoxy) is 2. The number of aromatic carboxylic acids is 1. The molecule has 3 aromatic rings. The van der Waals surface area contributed by atoms with Crippen LogP contribution in [0.25, 0.3) is 0 Å². The van der Waals surface area contributed by atoms with E-state index in [0.29, 0.717) is 18.8 Å². The number of aliphatic hydroxyl groups is 1. The molecule has 2 atom stereocenters. The van der Waals surface area contributed by atoms with Gasteiger partial charge in [-0.15, -0.1) is 0 Å². The average Bonchev–Trinajstić information content (AvgIpc) is 2.84. The van der Waals surface area contributed by atoms with Crippen LogP contribution in [0, 0.1) is 5.82 Å². The summed E-state index contributed by atoms with van der Waals surface area (Å²) in [6, 6.07) is 18.7. The van der Waals surface area contributed by atoms with Crippen molar-refractivity contribution in [2.24, 2.45) is 0 Å². The Bertz CT molecular complexity index is 1130. The Morgan fingerprint density at radius 2 is 1.97 bits per heavy atom. The predicted octanol–water partition coefficient (Wildman–Crippen LogP) is 3.99. The van der Waals surface area contributed by atoms with Gasteiger partial charge >= 0.3 is 5.97 Å². The van der Waals surface area contributed by atoms with Gasteiger partial charge in [-0.05, 0) is 66.9 Å². The molecule has 34 heavy (non-hydrogen) atoms. The molecule has 4 N–H and O–H groups in total. The van der Waals surface area contributed by atoms with Crippen molar-refractivity contribution >= 4 is 17.3 Å². The Morgan fingerprint density at radius 1 is 1.15 bits per heavy atom. The van der Waals surface area contributed by atoms with Crippen molar-refractivity contribution in [2.45, 2.75) is 25.0 Å². The zero-order chi connectivity index (χ0) is 23.9. The molecule has 1 aliphatic heterocycles. The van der Waals surface area contributed by atoms with Gasteiger partial charge in [-0.2, -0.15) is 0 Å². The molecule has 4 rings (SSSR count). The summed E-state index contributed by atoms with van der Waals surface area (Å²) in [6.45, 7) is 1.21. The minimum absolute atomic E-state index is 0.0189. The molecule has 0 saturated heterocycles. The molecule has 0 amide bonds. The summed E-state index contributed by atoms with van der Waals surface area (Å²) in [5.74, 6) is -0.298. The third-order valence-electron chi connectivity index (χ3n) is 5.52. The van der Waals surface area contributed by atoms with E-state index in [-0.39, 0.29) is 24.0 Å². The Balaban J connectivity index is 1.24. The zero-order valence-corrected chi connectivity index (χ0v) is 18.5. The maximum Gasteiger partial charge on any atom is 0.335 e. The number of hydrogen-bond acceptors (Lipinski definition) is 6. The number of hydrogen-bond donors (Lipinski definition) is 4. The zero-order valence-electron chi connectivity index (χ0n) is 18.5. The van der Waals surface area contributed by atoms with Gasteiger partial charge < -0.3 is 30.3 Å². The monoisotopic (exact) mass is 466 g/mol. The Labute approximate surface area is 197 Å². The van der Waals surface area contributed by atoms with Crippen molar-refractivity contribution < 1.29 is 28.9 Å². The molecule has 0 bridgehead atoms. The first-order valence-electron chi connectivity index (χ1n) is 11.1. The fourth-order valence-electron chi connectivity index (χ4n) is 3.75. The molecule has 8 heteroatoms. The lowest BCUT2D eigenvalue weighted by Gasteiger charge is -2.27. The second-order valence-electron chi connectivity index (χ2n) is 8.16. The van der Waals surface area contributed by atoms with E-state index < -0.39 is 17.9 Å². The largest absolute Gasteiger partial charge is 0.491 e. The Morgan fingerprint density at radius 3 is 2.74 bits per heavy atom. The molecule has 0 spiro atoms. The van der Waals surface area contributed by atoms with Crippen LogP contribution in [0.2, 0.25) is 0 Å². The fraction of sp³-hybridized carbons (Fsp3) is 0.269. The predicted molar refractivity (Wildman–Crippen MR) is 127 cm³/mol. The standard InChI is InChI=1S/C26H27FN2O5/c27-23-13-18(26(31)32)7-10-24(23)29-19-8-11-25-17(12-19)6-9-22(34-25)15-28-14-20(30)16-33-21-4-2-1-3-5-21/h1-5,7-8,10-13,20,22,28-30H,6,9,14-16H2,(H,31,32)/t20-,22+/m0/s1. The van der Waals surface area contributed by atoms with E-state index in [1.807, 2.05) is 42.5 Å². The molecule has 178 valence electrons. The van der Waals surface area contributed by atoms with Gasteiger partial charge in [0, 0.05) is 18.8 Å². The third-order valence-corrected chi connectivity index (χ3v) is 5.52. The van der Waals surface area contributed by atoms with Crippen molar-refractivity contribution in [3.8, 4) is 11.5 Å². The normalized spacial score (nSPS) is 15.6. The lowest BCUT2D eigenvalue weighted by molar-refractivity contribution is 0.0696. The van der Waals surface area contributed by atoms with Crippen LogP contribution in [0.5, 0.6) is 11.5 Å². The summed E-state index contributed by atoms with van der Waals surface area (Å²) in [6.07, 6.45) is 0.961. The average molecular weight is 467 g/mol. The van der Waals surface area contributed by atoms with E-state index in [0.717, 1.165) is 36.0 Å². The summed E-state index contributed by atoms with van der Waals surface area (Å²) in [5, 5.41) is 25.3. The quantitative estimate of drug-likeness (QED) is 0.359. The molecule has 0 radical (unpaired) electrons. The first-order valence-corrected chi connectivity index (χ1v) is 11.1. The van der Waals surface area contributed by atoms with E-state index in [4.69, 9.17) is 14.6 Å². The van der Waals surface area contributed by atoms with Gasteiger partial charge in [-0.25, -0.2) is 9.18 Å². The van der Waals surface area contributed by atoms with Crippen LogP contribution in [0.4, 0.5) is 15.8 Å². The number of rotatable bonds is 10. The van der Waals surface area contributed by atoms with Crippen molar-refractivity contribution in [1.82, 2.24) is 5.32 Å². The highest BCUT2D eigenvalue weighted by molar-refractivity contribution is 5.88. The number of fused-ring (bicyclic) bond motifs is 1. The summed E-state index contributed by atoms with van der Waals surface area (Å²) in [4.78, 5) is 11.0. The maximum atomic E-state index is 14.2. The molecule has 3 aromatic carbocycles. The van der Waals surface area contributed by atoms with Crippen LogP contribution >= 0.6 is 0 Å². The van der Waals surface area contributed by atoms with Crippen LogP contribution in [0.1, 0.15) is 22.3 Å². The van der Waals surface area contributed by atoms with Gasteiger partial charge in [0.05, 0.1) is 11.3 Å². The van der Waals surface area contributed by atoms with E-state index >= 15 is 0 Å². The van der Waals surface area contributed by atoms with Crippen molar-refractivity contribution in [3.63, 3.8) is 0 Å². The van der Waals surface area contributed by atoms with E-state index in [1.54, 1.807) is 6.07 Å². The molecule has 0 fully saturated rings. The number of carboxylic acids is 1. The van der Waals surface area contributed by atoms with Crippen molar-refractivity contribution in [1.29, 1.82) is 0 Å². The van der Waals surface area contributed by atoms with E-state index in [9.17, 15) is 14.3 Å². The van der Waals surface area contributed by atoms with Crippen LogP contribution in [-0.2, 0) is 6.42 Å². The first kappa shape index (κ1) is 23.5. The summed E-state index contributed by atoms with van der Waals surface area (Å²) >= 11 is 0. The number of carbonyl (C=O) groups is 1. The van der Waals surface area contributed by atoms with Gasteiger partial charge in [0.15, 0.2) is 0 Å². The number of anilines is 2. The smallest absolute Gasteiger partial charge is 0.335 e. The number of benzene rings is 3.